The van der Waals surface area contributed by atoms with Crippen LogP contribution in [0.2, 0.25) is 0 Å². The normalized spacial score (nSPS) is 14.8. The molecule has 1 atom stereocenters. The van der Waals surface area contributed by atoms with E-state index in [2.05, 4.69) is 55.7 Å². The molecule has 2 heteroatoms. The minimum Gasteiger partial charge on any atom is -0.272 e. The Hall–Kier alpha value is -0.470. The molecule has 0 N–H and O–H groups in total. The predicted octanol–water partition coefficient (Wildman–Crippen LogP) is 2.54. The zero-order valence-electron chi connectivity index (χ0n) is 7.99. The summed E-state index contributed by atoms with van der Waals surface area (Å²) < 4.78 is 2.32. The second kappa shape index (κ2) is 4.53. The Morgan fingerprint density at radius 3 is 2.17 bits per heavy atom. The molecule has 0 fully saturated rings. The van der Waals surface area contributed by atoms with Crippen LogP contribution in [0.5, 0.6) is 0 Å². The summed E-state index contributed by atoms with van der Waals surface area (Å²) in [4.78, 5) is 1.47. The number of thiol groups is 1. The highest BCUT2D eigenvalue weighted by Gasteiger charge is 2.04. The fraction of sp³-hybridized carbons (Fsp3) is 0.400. The molecule has 0 amide bonds. The van der Waals surface area contributed by atoms with Gasteiger partial charge in [-0.25, -0.2) is 0 Å². The van der Waals surface area contributed by atoms with Crippen LogP contribution in [0.3, 0.4) is 0 Å². The van der Waals surface area contributed by atoms with Gasteiger partial charge in [0, 0.05) is 0 Å². The summed E-state index contributed by atoms with van der Waals surface area (Å²) in [6, 6.07) is 10.7. The molecule has 0 aromatic heterocycles. The molecule has 0 saturated heterocycles. The Bertz CT molecular complexity index is 221. The second-order valence-corrected chi connectivity index (χ2v) is 5.65. The van der Waals surface area contributed by atoms with Crippen molar-refractivity contribution in [2.45, 2.75) is 11.8 Å². The van der Waals surface area contributed by atoms with Crippen molar-refractivity contribution in [3.8, 4) is 0 Å². The van der Waals surface area contributed by atoms with Crippen molar-refractivity contribution in [3.63, 3.8) is 0 Å². The molecule has 0 aliphatic heterocycles. The number of hydrogen-bond acceptors (Lipinski definition) is 1. The Kier molecular flexibility index (Phi) is 3.63. The lowest BCUT2D eigenvalue weighted by Crippen LogP contribution is -2.09. The highest BCUT2D eigenvalue weighted by atomic mass is 32.2. The topological polar surface area (TPSA) is 3.24 Å². The summed E-state index contributed by atoms with van der Waals surface area (Å²) in [5.41, 5.74) is 0. The van der Waals surface area contributed by atoms with Gasteiger partial charge in [0.15, 0.2) is 0 Å². The molecule has 1 aromatic rings. The maximum absolute atomic E-state index is 2.32. The van der Waals surface area contributed by atoms with Crippen molar-refractivity contribution in [1.29, 1.82) is 0 Å². The van der Waals surface area contributed by atoms with Crippen LogP contribution in [0.25, 0.3) is 0 Å². The molecule has 0 heterocycles. The van der Waals surface area contributed by atoms with Crippen molar-refractivity contribution in [2.75, 3.05) is 19.8 Å². The van der Waals surface area contributed by atoms with Crippen LogP contribution in [0.1, 0.15) is 6.92 Å². The minimum absolute atomic E-state index is 0.0792. The maximum Gasteiger partial charge on any atom is -0.000277 e. The molecule has 0 saturated carbocycles. The average Bonchev–Trinajstić information content (AvgIpc) is 2.07. The standard InChI is InChI=1S/C10H17NS/c1-4-12(11(2)3)10-8-6-5-7-9-10/h5-9,12H,4H2,1-3H3. The molecule has 0 aliphatic carbocycles. The largest absolute Gasteiger partial charge is 0.272 e. The van der Waals surface area contributed by atoms with Gasteiger partial charge in [-0.3, -0.25) is 4.31 Å². The summed E-state index contributed by atoms with van der Waals surface area (Å²) in [7, 11) is 4.31. The van der Waals surface area contributed by atoms with E-state index >= 15 is 0 Å². The molecule has 0 spiro atoms. The van der Waals surface area contributed by atoms with Crippen LogP contribution in [0.15, 0.2) is 35.2 Å². The second-order valence-electron chi connectivity index (χ2n) is 2.90. The maximum atomic E-state index is 2.32. The summed E-state index contributed by atoms with van der Waals surface area (Å²) in [6.07, 6.45) is 0. The van der Waals surface area contributed by atoms with Gasteiger partial charge >= 0.3 is 0 Å². The van der Waals surface area contributed by atoms with Gasteiger partial charge in [0.2, 0.25) is 0 Å². The average molecular weight is 183 g/mol. The van der Waals surface area contributed by atoms with Crippen molar-refractivity contribution >= 4 is 11.1 Å². The molecule has 0 bridgehead atoms. The van der Waals surface area contributed by atoms with Crippen molar-refractivity contribution in [3.05, 3.63) is 30.3 Å². The highest BCUT2D eigenvalue weighted by molar-refractivity contribution is 8.14. The lowest BCUT2D eigenvalue weighted by molar-refractivity contribution is 0.690. The van der Waals surface area contributed by atoms with E-state index in [1.807, 2.05) is 0 Å². The van der Waals surface area contributed by atoms with E-state index in [0.29, 0.717) is 0 Å². The third kappa shape index (κ3) is 2.26. The first-order chi connectivity index (χ1) is 5.75. The van der Waals surface area contributed by atoms with Crippen LogP contribution in [-0.2, 0) is 0 Å². The first-order valence-electron chi connectivity index (χ1n) is 4.25. The summed E-state index contributed by atoms with van der Waals surface area (Å²) in [5, 5.41) is 0. The zero-order chi connectivity index (χ0) is 8.97. The van der Waals surface area contributed by atoms with Gasteiger partial charge in [-0.05, 0) is 36.9 Å². The minimum atomic E-state index is -0.0792. The number of rotatable bonds is 3. The van der Waals surface area contributed by atoms with Crippen LogP contribution in [-0.4, -0.2) is 24.2 Å². The lowest BCUT2D eigenvalue weighted by Gasteiger charge is -2.27. The predicted molar refractivity (Wildman–Crippen MR) is 57.9 cm³/mol. The van der Waals surface area contributed by atoms with Crippen LogP contribution in [0.4, 0.5) is 0 Å². The van der Waals surface area contributed by atoms with Crippen LogP contribution >= 0.6 is 11.1 Å². The van der Waals surface area contributed by atoms with Gasteiger partial charge in [-0.1, -0.05) is 25.1 Å². The van der Waals surface area contributed by atoms with Gasteiger partial charge in [-0.15, -0.1) is 0 Å². The SMILES string of the molecule is CC[SH](c1ccccc1)N(C)C. The quantitative estimate of drug-likeness (QED) is 0.705. The Labute approximate surface area is 77.9 Å². The van der Waals surface area contributed by atoms with Gasteiger partial charge in [0.05, 0.1) is 0 Å². The molecular formula is C10H17NS. The van der Waals surface area contributed by atoms with Gasteiger partial charge in [0.1, 0.15) is 0 Å². The summed E-state index contributed by atoms with van der Waals surface area (Å²) >= 11 is -0.0792. The van der Waals surface area contributed by atoms with Crippen molar-refractivity contribution in [2.24, 2.45) is 0 Å². The van der Waals surface area contributed by atoms with E-state index in [1.54, 1.807) is 0 Å². The molecule has 68 valence electrons. The van der Waals surface area contributed by atoms with Crippen molar-refractivity contribution < 1.29 is 0 Å². The number of nitrogens with zero attached hydrogens (tertiary/aromatic N) is 1. The fourth-order valence-electron chi connectivity index (χ4n) is 1.30. The summed E-state index contributed by atoms with van der Waals surface area (Å²) in [5.74, 6) is 1.23. The molecule has 0 aliphatic rings. The third-order valence-electron chi connectivity index (χ3n) is 1.84. The van der Waals surface area contributed by atoms with E-state index in [9.17, 15) is 0 Å². The van der Waals surface area contributed by atoms with Gasteiger partial charge in [-0.2, -0.15) is 11.1 Å². The van der Waals surface area contributed by atoms with Gasteiger partial charge in [0.25, 0.3) is 0 Å². The lowest BCUT2D eigenvalue weighted by atomic mass is 10.4. The first-order valence-corrected chi connectivity index (χ1v) is 5.73. The molecule has 1 aromatic carbocycles. The molecule has 1 nitrogen and oxygen atoms in total. The van der Waals surface area contributed by atoms with Crippen molar-refractivity contribution in [1.82, 2.24) is 4.31 Å². The molecule has 1 rings (SSSR count). The third-order valence-corrected chi connectivity index (χ3v) is 4.30. The van der Waals surface area contributed by atoms with E-state index in [-0.39, 0.29) is 11.1 Å². The smallest absolute Gasteiger partial charge is 0.000277 e. The first kappa shape index (κ1) is 9.62. The highest BCUT2D eigenvalue weighted by Crippen LogP contribution is 2.36. The molecular weight excluding hydrogens is 166 g/mol. The molecule has 0 radical (unpaired) electrons. The Morgan fingerprint density at radius 2 is 1.75 bits per heavy atom. The van der Waals surface area contributed by atoms with Gasteiger partial charge < -0.3 is 0 Å². The zero-order valence-corrected chi connectivity index (χ0v) is 8.88. The van der Waals surface area contributed by atoms with E-state index in [1.165, 1.54) is 10.6 Å². The van der Waals surface area contributed by atoms with E-state index < -0.39 is 0 Å². The Morgan fingerprint density at radius 1 is 1.17 bits per heavy atom. The van der Waals surface area contributed by atoms with E-state index in [0.717, 1.165) is 0 Å². The summed E-state index contributed by atoms with van der Waals surface area (Å²) in [6.45, 7) is 2.25. The molecule has 1 unspecified atom stereocenters. The number of hydrogen-bond donors (Lipinski definition) is 1. The van der Waals surface area contributed by atoms with E-state index in [4.69, 9.17) is 0 Å². The fourth-order valence-corrected chi connectivity index (χ4v) is 3.21. The monoisotopic (exact) mass is 183 g/mol. The molecule has 12 heavy (non-hydrogen) atoms. The van der Waals surface area contributed by atoms with Crippen LogP contribution in [0, 0.1) is 0 Å². The van der Waals surface area contributed by atoms with Crippen LogP contribution < -0.4 is 0 Å². The Balaban J connectivity index is 2.80. The number of benzene rings is 1.